The number of hydrogen-bond acceptors (Lipinski definition) is 6. The fourth-order valence-electron chi connectivity index (χ4n) is 1.76. The highest BCUT2D eigenvalue weighted by molar-refractivity contribution is 5.45. The summed E-state index contributed by atoms with van der Waals surface area (Å²) < 4.78 is 10.5. The molecule has 106 valence electrons. The Bertz CT molecular complexity index is 575. The number of nitrogens with one attached hydrogen (secondary N) is 2. The van der Waals surface area contributed by atoms with Crippen molar-refractivity contribution in [1.82, 2.24) is 9.97 Å². The van der Waals surface area contributed by atoms with E-state index in [4.69, 9.17) is 9.47 Å². The smallest absolute Gasteiger partial charge is 0.224 e. The molecular weight excluding hydrogens is 256 g/mol. The lowest BCUT2D eigenvalue weighted by molar-refractivity contribution is 0.391. The molecule has 6 nitrogen and oxygen atoms in total. The molecule has 6 heteroatoms. The topological polar surface area (TPSA) is 68.3 Å². The van der Waals surface area contributed by atoms with Crippen LogP contribution in [-0.2, 0) is 6.54 Å². The zero-order valence-corrected chi connectivity index (χ0v) is 11.8. The molecule has 0 fully saturated rings. The molecule has 2 N–H and O–H groups in total. The maximum Gasteiger partial charge on any atom is 0.224 e. The van der Waals surface area contributed by atoms with Crippen LogP contribution in [0.2, 0.25) is 0 Å². The Kier molecular flexibility index (Phi) is 4.60. The molecule has 2 aromatic rings. The summed E-state index contributed by atoms with van der Waals surface area (Å²) in [5.74, 6) is 2.88. The number of hydrogen-bond donors (Lipinski definition) is 2. The molecule has 0 aliphatic heterocycles. The second-order valence-electron chi connectivity index (χ2n) is 4.05. The van der Waals surface area contributed by atoms with Crippen LogP contribution in [0.15, 0.2) is 30.5 Å². The first-order chi connectivity index (χ1) is 9.76. The molecule has 0 radical (unpaired) electrons. The van der Waals surface area contributed by atoms with Gasteiger partial charge in [0.2, 0.25) is 5.95 Å². The summed E-state index contributed by atoms with van der Waals surface area (Å²) in [6.45, 7) is 0.604. The normalized spacial score (nSPS) is 9.95. The zero-order chi connectivity index (χ0) is 14.4. The molecule has 0 aliphatic rings. The Morgan fingerprint density at radius 2 is 2.00 bits per heavy atom. The second kappa shape index (κ2) is 6.60. The summed E-state index contributed by atoms with van der Waals surface area (Å²) in [7, 11) is 5.06. The van der Waals surface area contributed by atoms with E-state index in [-0.39, 0.29) is 0 Å². The summed E-state index contributed by atoms with van der Waals surface area (Å²) in [6.07, 6.45) is 1.70. The quantitative estimate of drug-likeness (QED) is 0.841. The SMILES string of the molecule is CNc1nccc(NCc2ccc(OC)cc2OC)n1. The van der Waals surface area contributed by atoms with Gasteiger partial charge in [-0.25, -0.2) is 4.98 Å². The van der Waals surface area contributed by atoms with E-state index >= 15 is 0 Å². The second-order valence-corrected chi connectivity index (χ2v) is 4.05. The number of anilines is 2. The lowest BCUT2D eigenvalue weighted by Crippen LogP contribution is -2.05. The first kappa shape index (κ1) is 13.9. The predicted octanol–water partition coefficient (Wildman–Crippen LogP) is 2.15. The third-order valence-electron chi connectivity index (χ3n) is 2.83. The van der Waals surface area contributed by atoms with E-state index in [0.29, 0.717) is 12.5 Å². The summed E-state index contributed by atoms with van der Waals surface area (Å²) in [5.41, 5.74) is 1.03. The van der Waals surface area contributed by atoms with Gasteiger partial charge >= 0.3 is 0 Å². The molecule has 0 spiro atoms. The van der Waals surface area contributed by atoms with Gasteiger partial charge in [0, 0.05) is 31.4 Å². The van der Waals surface area contributed by atoms with E-state index in [2.05, 4.69) is 20.6 Å². The van der Waals surface area contributed by atoms with Crippen LogP contribution in [0.3, 0.4) is 0 Å². The molecule has 20 heavy (non-hydrogen) atoms. The van der Waals surface area contributed by atoms with Crippen LogP contribution in [-0.4, -0.2) is 31.2 Å². The summed E-state index contributed by atoms with van der Waals surface area (Å²) in [4.78, 5) is 8.36. The van der Waals surface area contributed by atoms with E-state index < -0.39 is 0 Å². The monoisotopic (exact) mass is 274 g/mol. The minimum atomic E-state index is 0.580. The van der Waals surface area contributed by atoms with Crippen molar-refractivity contribution in [2.75, 3.05) is 31.9 Å². The summed E-state index contributed by atoms with van der Waals surface area (Å²) in [6, 6.07) is 7.54. The standard InChI is InChI=1S/C14H18N4O2/c1-15-14-16-7-6-13(18-14)17-9-10-4-5-11(19-2)8-12(10)20-3/h4-8H,9H2,1-3H3,(H2,15,16,17,18). The lowest BCUT2D eigenvalue weighted by Gasteiger charge is -2.12. The Hall–Kier alpha value is -2.50. The van der Waals surface area contributed by atoms with Crippen molar-refractivity contribution in [3.63, 3.8) is 0 Å². The zero-order valence-electron chi connectivity index (χ0n) is 11.8. The Morgan fingerprint density at radius 3 is 2.70 bits per heavy atom. The molecule has 0 saturated heterocycles. The Balaban J connectivity index is 2.10. The van der Waals surface area contributed by atoms with E-state index in [1.54, 1.807) is 27.5 Å². The van der Waals surface area contributed by atoms with Crippen molar-refractivity contribution in [3.05, 3.63) is 36.0 Å². The average Bonchev–Trinajstić information content (AvgIpc) is 2.52. The van der Waals surface area contributed by atoms with Gasteiger partial charge in [-0.2, -0.15) is 4.98 Å². The number of benzene rings is 1. The number of ether oxygens (including phenoxy) is 2. The molecule has 0 bridgehead atoms. The summed E-state index contributed by atoms with van der Waals surface area (Å²) in [5, 5.41) is 6.14. The van der Waals surface area contributed by atoms with Crippen molar-refractivity contribution >= 4 is 11.8 Å². The van der Waals surface area contributed by atoms with Crippen molar-refractivity contribution < 1.29 is 9.47 Å². The predicted molar refractivity (Wildman–Crippen MR) is 78.5 cm³/mol. The van der Waals surface area contributed by atoms with Crippen LogP contribution in [0.25, 0.3) is 0 Å². The van der Waals surface area contributed by atoms with Gasteiger partial charge in [0.05, 0.1) is 14.2 Å². The number of rotatable bonds is 6. The third-order valence-corrected chi connectivity index (χ3v) is 2.83. The van der Waals surface area contributed by atoms with Crippen LogP contribution in [0.5, 0.6) is 11.5 Å². The lowest BCUT2D eigenvalue weighted by atomic mass is 10.2. The van der Waals surface area contributed by atoms with Crippen LogP contribution < -0.4 is 20.1 Å². The van der Waals surface area contributed by atoms with Crippen molar-refractivity contribution in [1.29, 1.82) is 0 Å². The van der Waals surface area contributed by atoms with E-state index in [0.717, 1.165) is 22.9 Å². The van der Waals surface area contributed by atoms with Gasteiger partial charge in [0.15, 0.2) is 0 Å². The minimum Gasteiger partial charge on any atom is -0.497 e. The fourth-order valence-corrected chi connectivity index (χ4v) is 1.76. The minimum absolute atomic E-state index is 0.580. The largest absolute Gasteiger partial charge is 0.497 e. The first-order valence-corrected chi connectivity index (χ1v) is 6.22. The van der Waals surface area contributed by atoms with Gasteiger partial charge in [0.25, 0.3) is 0 Å². The molecule has 2 rings (SSSR count). The van der Waals surface area contributed by atoms with Gasteiger partial charge in [-0.1, -0.05) is 0 Å². The molecule has 1 aromatic carbocycles. The third kappa shape index (κ3) is 3.28. The van der Waals surface area contributed by atoms with Crippen molar-refractivity contribution in [3.8, 4) is 11.5 Å². The molecule has 0 unspecified atom stereocenters. The molecule has 0 aliphatic carbocycles. The van der Waals surface area contributed by atoms with E-state index in [1.807, 2.05) is 24.3 Å². The maximum atomic E-state index is 5.36. The number of methoxy groups -OCH3 is 2. The molecule has 0 saturated carbocycles. The van der Waals surface area contributed by atoms with Gasteiger partial charge in [-0.3, -0.25) is 0 Å². The van der Waals surface area contributed by atoms with Crippen LogP contribution >= 0.6 is 0 Å². The van der Waals surface area contributed by atoms with Gasteiger partial charge in [-0.05, 0) is 18.2 Å². The van der Waals surface area contributed by atoms with E-state index in [1.165, 1.54) is 0 Å². The van der Waals surface area contributed by atoms with E-state index in [9.17, 15) is 0 Å². The van der Waals surface area contributed by atoms with Crippen molar-refractivity contribution in [2.24, 2.45) is 0 Å². The number of nitrogens with zero attached hydrogens (tertiary/aromatic N) is 2. The highest BCUT2D eigenvalue weighted by atomic mass is 16.5. The highest BCUT2D eigenvalue weighted by Crippen LogP contribution is 2.25. The molecule has 1 aromatic heterocycles. The van der Waals surface area contributed by atoms with Crippen molar-refractivity contribution in [2.45, 2.75) is 6.54 Å². The molecule has 0 atom stereocenters. The van der Waals surface area contributed by atoms with Crippen LogP contribution in [0.1, 0.15) is 5.56 Å². The van der Waals surface area contributed by atoms with Gasteiger partial charge in [0.1, 0.15) is 17.3 Å². The maximum absolute atomic E-state index is 5.36. The number of aromatic nitrogens is 2. The highest BCUT2D eigenvalue weighted by Gasteiger charge is 2.05. The molecule has 0 amide bonds. The van der Waals surface area contributed by atoms with Crippen LogP contribution in [0, 0.1) is 0 Å². The molecular formula is C14H18N4O2. The van der Waals surface area contributed by atoms with Crippen LogP contribution in [0.4, 0.5) is 11.8 Å². The Labute approximate surface area is 118 Å². The molecule has 1 heterocycles. The first-order valence-electron chi connectivity index (χ1n) is 6.22. The average molecular weight is 274 g/mol. The van der Waals surface area contributed by atoms with Gasteiger partial charge in [-0.15, -0.1) is 0 Å². The Morgan fingerprint density at radius 1 is 1.15 bits per heavy atom. The summed E-state index contributed by atoms with van der Waals surface area (Å²) >= 11 is 0. The van der Waals surface area contributed by atoms with Gasteiger partial charge < -0.3 is 20.1 Å². The fraction of sp³-hybridized carbons (Fsp3) is 0.286.